The lowest BCUT2D eigenvalue weighted by molar-refractivity contribution is -0.130. The lowest BCUT2D eigenvalue weighted by Crippen LogP contribution is -2.32. The molecule has 0 saturated heterocycles. The third-order valence-electron chi connectivity index (χ3n) is 2.88. The second kappa shape index (κ2) is 19.6. The molecule has 9 nitrogen and oxygen atoms in total. The standard InChI is InChI=1S/C17H31N3O6/c1-2-6-19-16(21)14-26-15-17(22)20-7-4-9-24-11-13-25-12-10-23-8-3-5-18/h1H,3-15,18H2,(H,19,21)(H,20,22). The summed E-state index contributed by atoms with van der Waals surface area (Å²) in [5, 5.41) is 5.10. The zero-order chi connectivity index (χ0) is 19.3. The molecule has 0 saturated carbocycles. The third-order valence-corrected chi connectivity index (χ3v) is 2.88. The molecular formula is C17H31N3O6. The van der Waals surface area contributed by atoms with Gasteiger partial charge in [0.15, 0.2) is 0 Å². The van der Waals surface area contributed by atoms with Crippen LogP contribution in [0.5, 0.6) is 0 Å². The van der Waals surface area contributed by atoms with Gasteiger partial charge in [0, 0.05) is 19.8 Å². The van der Waals surface area contributed by atoms with Gasteiger partial charge in [-0.2, -0.15) is 0 Å². The molecule has 0 heterocycles. The van der Waals surface area contributed by atoms with Crippen LogP contribution >= 0.6 is 0 Å². The van der Waals surface area contributed by atoms with Gasteiger partial charge >= 0.3 is 0 Å². The van der Waals surface area contributed by atoms with Crippen LogP contribution in [-0.2, 0) is 28.5 Å². The fraction of sp³-hybridized carbons (Fsp3) is 0.765. The van der Waals surface area contributed by atoms with Crippen LogP contribution < -0.4 is 16.4 Å². The van der Waals surface area contributed by atoms with E-state index in [0.29, 0.717) is 59.2 Å². The molecule has 0 aliphatic carbocycles. The maximum atomic E-state index is 11.5. The van der Waals surface area contributed by atoms with Crippen molar-refractivity contribution in [2.75, 3.05) is 72.5 Å². The number of carbonyl (C=O) groups excluding carboxylic acids is 2. The molecule has 4 N–H and O–H groups in total. The largest absolute Gasteiger partial charge is 0.379 e. The highest BCUT2D eigenvalue weighted by molar-refractivity contribution is 5.79. The van der Waals surface area contributed by atoms with Crippen molar-refractivity contribution < 1.29 is 28.5 Å². The highest BCUT2D eigenvalue weighted by Gasteiger charge is 2.04. The molecule has 0 spiro atoms. The molecule has 0 rings (SSSR count). The summed E-state index contributed by atoms with van der Waals surface area (Å²) in [4.78, 5) is 22.6. The van der Waals surface area contributed by atoms with Gasteiger partial charge in [-0.05, 0) is 19.4 Å². The highest BCUT2D eigenvalue weighted by Crippen LogP contribution is 1.85. The van der Waals surface area contributed by atoms with E-state index in [1.54, 1.807) is 0 Å². The summed E-state index contributed by atoms with van der Waals surface area (Å²) in [5.74, 6) is 1.63. The van der Waals surface area contributed by atoms with Gasteiger partial charge < -0.3 is 35.3 Å². The number of nitrogens with two attached hydrogens (primary N) is 1. The Hall–Kier alpha value is -1.70. The molecule has 26 heavy (non-hydrogen) atoms. The number of terminal acetylenes is 1. The summed E-state index contributed by atoms with van der Waals surface area (Å²) < 4.78 is 21.0. The third kappa shape index (κ3) is 18.6. The van der Waals surface area contributed by atoms with E-state index in [9.17, 15) is 9.59 Å². The molecule has 0 aromatic carbocycles. The van der Waals surface area contributed by atoms with Crippen LogP contribution in [0.3, 0.4) is 0 Å². The molecule has 150 valence electrons. The molecule has 0 aliphatic rings. The monoisotopic (exact) mass is 373 g/mol. The highest BCUT2D eigenvalue weighted by atomic mass is 16.5. The molecule has 0 fully saturated rings. The molecule has 0 radical (unpaired) electrons. The van der Waals surface area contributed by atoms with Gasteiger partial charge in [-0.25, -0.2) is 0 Å². The quantitative estimate of drug-likeness (QED) is 0.201. The van der Waals surface area contributed by atoms with Crippen molar-refractivity contribution >= 4 is 11.8 Å². The smallest absolute Gasteiger partial charge is 0.246 e. The summed E-state index contributed by atoms with van der Waals surface area (Å²) in [6, 6.07) is 0. The number of carbonyl (C=O) groups is 2. The normalized spacial score (nSPS) is 10.3. The Morgan fingerprint density at radius 3 is 1.92 bits per heavy atom. The van der Waals surface area contributed by atoms with E-state index >= 15 is 0 Å². The lowest BCUT2D eigenvalue weighted by Gasteiger charge is -2.08. The molecule has 0 unspecified atom stereocenters. The average molecular weight is 373 g/mol. The zero-order valence-electron chi connectivity index (χ0n) is 15.3. The number of nitrogens with one attached hydrogen (secondary N) is 2. The summed E-state index contributed by atoms with van der Waals surface area (Å²) in [5.41, 5.74) is 5.35. The second-order valence-corrected chi connectivity index (χ2v) is 5.16. The van der Waals surface area contributed by atoms with Crippen molar-refractivity contribution in [3.63, 3.8) is 0 Å². The topological polar surface area (TPSA) is 121 Å². The first kappa shape index (κ1) is 24.3. The summed E-state index contributed by atoms with van der Waals surface area (Å²) in [7, 11) is 0. The summed E-state index contributed by atoms with van der Waals surface area (Å²) in [6.07, 6.45) is 6.53. The Morgan fingerprint density at radius 1 is 0.808 bits per heavy atom. The molecule has 0 aromatic rings. The fourth-order valence-corrected chi connectivity index (χ4v) is 1.62. The maximum absolute atomic E-state index is 11.5. The van der Waals surface area contributed by atoms with Crippen LogP contribution in [0.15, 0.2) is 0 Å². The maximum Gasteiger partial charge on any atom is 0.246 e. The summed E-state index contributed by atoms with van der Waals surface area (Å²) >= 11 is 0. The minimum absolute atomic E-state index is 0.141. The zero-order valence-corrected chi connectivity index (χ0v) is 15.3. The van der Waals surface area contributed by atoms with E-state index in [0.717, 1.165) is 6.42 Å². The molecular weight excluding hydrogens is 342 g/mol. The Bertz CT molecular complexity index is 400. The number of amides is 2. The van der Waals surface area contributed by atoms with E-state index < -0.39 is 0 Å². The van der Waals surface area contributed by atoms with Gasteiger partial charge in [0.1, 0.15) is 13.2 Å². The predicted molar refractivity (Wildman–Crippen MR) is 96.4 cm³/mol. The van der Waals surface area contributed by atoms with Crippen LogP contribution in [0.1, 0.15) is 12.8 Å². The SMILES string of the molecule is C#CCNC(=O)COCC(=O)NCCCOCCOCCOCCCN. The molecule has 9 heteroatoms. The van der Waals surface area contributed by atoms with E-state index in [1.165, 1.54) is 0 Å². The Balaban J connectivity index is 3.23. The van der Waals surface area contributed by atoms with E-state index in [-0.39, 0.29) is 31.6 Å². The van der Waals surface area contributed by atoms with Gasteiger partial charge in [0.2, 0.25) is 11.8 Å². The first-order valence-corrected chi connectivity index (χ1v) is 8.68. The van der Waals surface area contributed by atoms with Gasteiger partial charge in [-0.3, -0.25) is 9.59 Å². The number of ether oxygens (including phenoxy) is 4. The molecule has 2 amide bonds. The van der Waals surface area contributed by atoms with E-state index in [1.807, 2.05) is 0 Å². The van der Waals surface area contributed by atoms with Crippen LogP contribution in [0.4, 0.5) is 0 Å². The van der Waals surface area contributed by atoms with Gasteiger partial charge in [-0.15, -0.1) is 6.42 Å². The van der Waals surface area contributed by atoms with Crippen LogP contribution in [0.25, 0.3) is 0 Å². The van der Waals surface area contributed by atoms with Crippen molar-refractivity contribution in [1.82, 2.24) is 10.6 Å². The van der Waals surface area contributed by atoms with Gasteiger partial charge in [-0.1, -0.05) is 5.92 Å². The van der Waals surface area contributed by atoms with Crippen molar-refractivity contribution in [2.24, 2.45) is 5.73 Å². The average Bonchev–Trinajstić information content (AvgIpc) is 2.63. The minimum atomic E-state index is -0.353. The second-order valence-electron chi connectivity index (χ2n) is 5.16. The van der Waals surface area contributed by atoms with Crippen LogP contribution in [0, 0.1) is 12.3 Å². The molecule has 0 bridgehead atoms. The number of hydrogen-bond donors (Lipinski definition) is 3. The minimum Gasteiger partial charge on any atom is -0.379 e. The van der Waals surface area contributed by atoms with Gasteiger partial charge in [0.05, 0.1) is 33.0 Å². The van der Waals surface area contributed by atoms with Crippen LogP contribution in [0.2, 0.25) is 0 Å². The Morgan fingerprint density at radius 2 is 1.35 bits per heavy atom. The Kier molecular flexibility index (Phi) is 18.3. The first-order valence-electron chi connectivity index (χ1n) is 8.68. The van der Waals surface area contributed by atoms with Gasteiger partial charge in [0.25, 0.3) is 0 Å². The van der Waals surface area contributed by atoms with Crippen molar-refractivity contribution in [3.8, 4) is 12.3 Å². The first-order chi connectivity index (χ1) is 12.7. The molecule has 0 aromatic heterocycles. The van der Waals surface area contributed by atoms with Crippen LogP contribution in [-0.4, -0.2) is 84.3 Å². The number of hydrogen-bond acceptors (Lipinski definition) is 7. The van der Waals surface area contributed by atoms with Crippen molar-refractivity contribution in [1.29, 1.82) is 0 Å². The van der Waals surface area contributed by atoms with E-state index in [2.05, 4.69) is 16.6 Å². The fourth-order valence-electron chi connectivity index (χ4n) is 1.62. The molecule has 0 aliphatic heterocycles. The van der Waals surface area contributed by atoms with E-state index in [4.69, 9.17) is 31.1 Å². The number of rotatable bonds is 18. The lowest BCUT2D eigenvalue weighted by atomic mass is 10.4. The van der Waals surface area contributed by atoms with Crippen molar-refractivity contribution in [3.05, 3.63) is 0 Å². The molecule has 0 atom stereocenters. The predicted octanol–water partition coefficient (Wildman–Crippen LogP) is -1.34. The van der Waals surface area contributed by atoms with Crippen molar-refractivity contribution in [2.45, 2.75) is 12.8 Å². The summed E-state index contributed by atoms with van der Waals surface area (Å²) in [6.45, 7) is 4.13. The Labute approximate surface area is 155 Å².